The molecule has 0 aromatic heterocycles. The number of rotatable bonds is 43. The molecule has 9 atom stereocenters. The molecule has 0 fully saturated rings. The molecule has 0 heterocycles. The summed E-state index contributed by atoms with van der Waals surface area (Å²) in [5.74, 6) is -10.4. The standard InChI is InChI=1S/C57H104N10O13/c1-14-15-16-17-18-19-20-21-38(68)31-48(71)60-41(26-32(2)3)52(74)64-43(28-34(6)7)54(76)61-39(22-24-46(58)69)50(72)63-42(27-33(4)5)53(75)62-40(23-25-47(59)70)51(73)67-49(37(12)13)56(78)65-44(29-35(8)9)55(77)66-45(57(79)80)30-36(10)11/h32-45,49,68H,14-31H2,1-13H3,(H2,58,69)(H2,59,70)(H,60,71)(H,61,76)(H,62,75)(H,63,72)(H,64,74)(H,65,78)(H,66,77)(H,67,73)(H,79,80)/t38?,39-,40-,41-,42-,43-,44-,45-,49-/m0/s1. The van der Waals surface area contributed by atoms with E-state index in [0.717, 1.165) is 32.1 Å². The van der Waals surface area contributed by atoms with Crippen molar-refractivity contribution in [3.05, 3.63) is 0 Å². The number of unbranched alkanes of at least 4 members (excludes halogenated alkanes) is 6. The second-order valence-corrected chi connectivity index (χ2v) is 24.0. The van der Waals surface area contributed by atoms with Gasteiger partial charge in [-0.05, 0) is 86.9 Å². The third-order valence-corrected chi connectivity index (χ3v) is 13.1. The van der Waals surface area contributed by atoms with Crippen LogP contribution in [0.5, 0.6) is 0 Å². The molecule has 1 unspecified atom stereocenters. The van der Waals surface area contributed by atoms with Gasteiger partial charge in [0, 0.05) is 12.8 Å². The van der Waals surface area contributed by atoms with Crippen LogP contribution >= 0.6 is 0 Å². The molecule has 0 radical (unpaired) electrons. The van der Waals surface area contributed by atoms with Gasteiger partial charge in [-0.2, -0.15) is 0 Å². The molecule has 0 saturated heterocycles. The summed E-state index contributed by atoms with van der Waals surface area (Å²) in [6, 6.07) is -10.4. The fraction of sp³-hybridized carbons (Fsp3) is 0.807. The average Bonchev–Trinajstić information content (AvgIpc) is 3.32. The zero-order chi connectivity index (χ0) is 61.4. The number of aliphatic hydroxyl groups excluding tert-OH is 1. The van der Waals surface area contributed by atoms with E-state index in [1.54, 1.807) is 41.5 Å². The summed E-state index contributed by atoms with van der Waals surface area (Å²) in [7, 11) is 0. The molecule has 0 aromatic rings. The van der Waals surface area contributed by atoms with Crippen LogP contribution in [0, 0.1) is 35.5 Å². The van der Waals surface area contributed by atoms with Gasteiger partial charge in [-0.25, -0.2) is 4.79 Å². The first-order valence-corrected chi connectivity index (χ1v) is 29.2. The lowest BCUT2D eigenvalue weighted by atomic mass is 9.98. The molecule has 0 aliphatic heterocycles. The fourth-order valence-electron chi connectivity index (χ4n) is 8.93. The third-order valence-electron chi connectivity index (χ3n) is 13.1. The van der Waals surface area contributed by atoms with Gasteiger partial charge in [-0.1, -0.05) is 135 Å². The Labute approximate surface area is 476 Å². The highest BCUT2D eigenvalue weighted by Gasteiger charge is 2.36. The van der Waals surface area contributed by atoms with E-state index in [2.05, 4.69) is 49.5 Å². The molecule has 0 aliphatic carbocycles. The Balaban J connectivity index is 6.62. The molecular formula is C57H104N10O13. The van der Waals surface area contributed by atoms with Crippen molar-refractivity contribution in [3.8, 4) is 0 Å². The van der Waals surface area contributed by atoms with Crippen LogP contribution in [0.4, 0.5) is 0 Å². The van der Waals surface area contributed by atoms with Crippen molar-refractivity contribution >= 4 is 65.0 Å². The topological polar surface area (TPSA) is 377 Å². The molecule has 80 heavy (non-hydrogen) atoms. The summed E-state index contributed by atoms with van der Waals surface area (Å²) >= 11 is 0. The van der Waals surface area contributed by atoms with E-state index in [0.29, 0.717) is 6.42 Å². The van der Waals surface area contributed by atoms with Gasteiger partial charge in [-0.15, -0.1) is 0 Å². The van der Waals surface area contributed by atoms with Crippen LogP contribution in [0.25, 0.3) is 0 Å². The number of nitrogens with one attached hydrogen (secondary N) is 8. The van der Waals surface area contributed by atoms with Gasteiger partial charge in [0.25, 0.3) is 0 Å². The molecule has 14 N–H and O–H groups in total. The van der Waals surface area contributed by atoms with Crippen LogP contribution < -0.4 is 54.0 Å². The Morgan fingerprint density at radius 1 is 0.375 bits per heavy atom. The minimum atomic E-state index is -1.51. The SMILES string of the molecule is CCCCCCCCCC(O)CC(=O)N[C@@H](CC(C)C)C(=O)N[C@@H](CC(C)C)C(=O)N[C@@H](CCC(N)=O)C(=O)N[C@@H](CC(C)C)C(=O)N[C@@H](CCC(N)=O)C(=O)N[C@H](C(=O)N[C@@H](CC(C)C)C(=O)N[C@@H](CC(C)C)C(=O)O)C(C)C. The van der Waals surface area contributed by atoms with Crippen LogP contribution in [-0.4, -0.2) is 130 Å². The number of carbonyl (C=O) groups excluding carboxylic acids is 10. The number of carbonyl (C=O) groups is 11. The number of hydrogen-bond donors (Lipinski definition) is 12. The molecule has 0 aromatic carbocycles. The first-order chi connectivity index (χ1) is 37.3. The van der Waals surface area contributed by atoms with Crippen LogP contribution in [-0.2, 0) is 52.7 Å². The number of aliphatic carboxylic acids is 1. The zero-order valence-electron chi connectivity index (χ0n) is 50.4. The lowest BCUT2D eigenvalue weighted by molar-refractivity contribution is -0.143. The van der Waals surface area contributed by atoms with Crippen LogP contribution in [0.1, 0.15) is 206 Å². The fourth-order valence-corrected chi connectivity index (χ4v) is 8.93. The Bertz CT molecular complexity index is 1980. The quantitative estimate of drug-likeness (QED) is 0.0391. The van der Waals surface area contributed by atoms with E-state index >= 15 is 0 Å². The van der Waals surface area contributed by atoms with Crippen molar-refractivity contribution in [3.63, 3.8) is 0 Å². The van der Waals surface area contributed by atoms with Crippen molar-refractivity contribution in [2.75, 3.05) is 0 Å². The van der Waals surface area contributed by atoms with Gasteiger partial charge >= 0.3 is 5.97 Å². The maximum absolute atomic E-state index is 14.2. The number of carboxylic acid groups (broad SMARTS) is 1. The molecular weight excluding hydrogens is 1030 g/mol. The van der Waals surface area contributed by atoms with Gasteiger partial charge in [0.1, 0.15) is 48.3 Å². The normalized spacial score (nSPS) is 14.9. The second-order valence-electron chi connectivity index (χ2n) is 24.0. The van der Waals surface area contributed by atoms with Gasteiger partial charge in [0.2, 0.25) is 59.1 Å². The van der Waals surface area contributed by atoms with Gasteiger partial charge < -0.3 is 64.2 Å². The third kappa shape index (κ3) is 33.0. The number of carboxylic acids is 1. The molecule has 0 bridgehead atoms. The van der Waals surface area contributed by atoms with Gasteiger partial charge in [-0.3, -0.25) is 47.9 Å². The lowest BCUT2D eigenvalue weighted by Crippen LogP contribution is -2.61. The molecule has 0 rings (SSSR count). The van der Waals surface area contributed by atoms with E-state index in [1.807, 2.05) is 41.5 Å². The van der Waals surface area contributed by atoms with Crippen molar-refractivity contribution in [1.82, 2.24) is 42.5 Å². The summed E-state index contributed by atoms with van der Waals surface area (Å²) in [5.41, 5.74) is 10.9. The van der Waals surface area contributed by atoms with E-state index in [9.17, 15) is 63.0 Å². The first-order valence-electron chi connectivity index (χ1n) is 29.2. The highest BCUT2D eigenvalue weighted by molar-refractivity contribution is 5.98. The average molecular weight is 1140 g/mol. The zero-order valence-corrected chi connectivity index (χ0v) is 50.4. The summed E-state index contributed by atoms with van der Waals surface area (Å²) in [6.07, 6.45) is 5.81. The van der Waals surface area contributed by atoms with Crippen LogP contribution in [0.15, 0.2) is 0 Å². The number of hydrogen-bond acceptors (Lipinski definition) is 12. The number of amides is 10. The Morgan fingerprint density at radius 3 is 1.02 bits per heavy atom. The van der Waals surface area contributed by atoms with Crippen molar-refractivity contribution < 1.29 is 63.0 Å². The van der Waals surface area contributed by atoms with Crippen LogP contribution in [0.3, 0.4) is 0 Å². The van der Waals surface area contributed by atoms with Crippen molar-refractivity contribution in [2.24, 2.45) is 47.0 Å². The summed E-state index contributed by atoms with van der Waals surface area (Å²) < 4.78 is 0. The van der Waals surface area contributed by atoms with E-state index in [1.165, 1.54) is 12.8 Å². The van der Waals surface area contributed by atoms with Gasteiger partial charge in [0.05, 0.1) is 12.5 Å². The predicted molar refractivity (Wildman–Crippen MR) is 305 cm³/mol. The molecule has 460 valence electrons. The first kappa shape index (κ1) is 74.1. The summed E-state index contributed by atoms with van der Waals surface area (Å²) in [6.45, 7) is 23.5. The number of aliphatic hydroxyl groups is 1. The highest BCUT2D eigenvalue weighted by atomic mass is 16.4. The Morgan fingerprint density at radius 2 is 0.675 bits per heavy atom. The van der Waals surface area contributed by atoms with Crippen molar-refractivity contribution in [2.45, 2.75) is 260 Å². The minimum Gasteiger partial charge on any atom is -0.480 e. The largest absolute Gasteiger partial charge is 0.480 e. The summed E-state index contributed by atoms with van der Waals surface area (Å²) in [5, 5.41) is 41.5. The monoisotopic (exact) mass is 1140 g/mol. The molecule has 0 spiro atoms. The smallest absolute Gasteiger partial charge is 0.326 e. The maximum atomic E-state index is 14.2. The molecule has 23 nitrogen and oxygen atoms in total. The van der Waals surface area contributed by atoms with E-state index < -0.39 is 132 Å². The molecule has 10 amide bonds. The molecule has 23 heteroatoms. The minimum absolute atomic E-state index is 0.0143. The Hall–Kier alpha value is -5.87. The van der Waals surface area contributed by atoms with E-state index in [-0.39, 0.29) is 87.4 Å². The molecule has 0 aliphatic rings. The lowest BCUT2D eigenvalue weighted by Gasteiger charge is -2.30. The Kier molecular flexibility index (Phi) is 36.6. The number of nitrogens with two attached hydrogens (primary N) is 2. The molecule has 0 saturated carbocycles. The van der Waals surface area contributed by atoms with E-state index in [4.69, 9.17) is 11.5 Å². The van der Waals surface area contributed by atoms with Crippen molar-refractivity contribution in [1.29, 1.82) is 0 Å². The second kappa shape index (κ2) is 39.5. The maximum Gasteiger partial charge on any atom is 0.326 e. The van der Waals surface area contributed by atoms with Gasteiger partial charge in [0.15, 0.2) is 0 Å². The van der Waals surface area contributed by atoms with Crippen LogP contribution in [0.2, 0.25) is 0 Å². The number of primary amides is 2. The predicted octanol–water partition coefficient (Wildman–Crippen LogP) is 3.26. The summed E-state index contributed by atoms with van der Waals surface area (Å²) in [4.78, 5) is 147. The highest BCUT2D eigenvalue weighted by Crippen LogP contribution is 2.16.